The van der Waals surface area contributed by atoms with Gasteiger partial charge in [-0.1, -0.05) is 25.0 Å². The quantitative estimate of drug-likeness (QED) is 0.665. The monoisotopic (exact) mass is 400 g/mol. The van der Waals surface area contributed by atoms with Gasteiger partial charge >= 0.3 is 0 Å². The van der Waals surface area contributed by atoms with E-state index >= 15 is 0 Å². The fraction of sp³-hybridized carbons (Fsp3) is 0.609. The minimum absolute atomic E-state index is 0.344. The van der Waals surface area contributed by atoms with Crippen LogP contribution in [-0.2, 0) is 20.0 Å². The Kier molecular flexibility index (Phi) is 8.52. The molecule has 2 aromatic rings. The van der Waals surface area contributed by atoms with Crippen molar-refractivity contribution in [2.24, 2.45) is 7.05 Å². The molecule has 6 heteroatoms. The van der Waals surface area contributed by atoms with Crippen LogP contribution in [0.2, 0.25) is 0 Å². The Balaban J connectivity index is 1.41. The lowest BCUT2D eigenvalue weighted by molar-refractivity contribution is 0.0693. The number of benzene rings is 1. The van der Waals surface area contributed by atoms with E-state index in [1.54, 1.807) is 0 Å². The van der Waals surface area contributed by atoms with Crippen molar-refractivity contribution < 1.29 is 9.84 Å². The van der Waals surface area contributed by atoms with Gasteiger partial charge in [-0.25, -0.2) is 0 Å². The van der Waals surface area contributed by atoms with Gasteiger partial charge in [-0.05, 0) is 62.7 Å². The fourth-order valence-electron chi connectivity index (χ4n) is 3.91. The third-order valence-corrected chi connectivity index (χ3v) is 5.50. The standard InChI is InChI=1S/C23H36N4O2/c1-25(13-10-21-15-24-26(2)17-21)16-20-8-7-9-23(14-20)29-19-22(28)18-27-11-5-3-4-6-12-27/h7-9,14-15,17,22,28H,3-6,10-13,16,18-19H2,1-2H3. The number of aromatic nitrogens is 2. The predicted octanol–water partition coefficient (Wildman–Crippen LogP) is 2.71. The highest BCUT2D eigenvalue weighted by atomic mass is 16.5. The molecule has 29 heavy (non-hydrogen) atoms. The lowest BCUT2D eigenvalue weighted by Gasteiger charge is -2.23. The number of aliphatic hydroxyl groups excluding tert-OH is 1. The Morgan fingerprint density at radius 1 is 1.17 bits per heavy atom. The zero-order chi connectivity index (χ0) is 20.5. The van der Waals surface area contributed by atoms with Crippen LogP contribution in [0, 0.1) is 0 Å². The molecule has 0 radical (unpaired) electrons. The largest absolute Gasteiger partial charge is 0.491 e. The number of hydrogen-bond acceptors (Lipinski definition) is 5. The van der Waals surface area contributed by atoms with Crippen LogP contribution < -0.4 is 4.74 Å². The molecule has 0 aliphatic carbocycles. The highest BCUT2D eigenvalue weighted by Gasteiger charge is 2.14. The van der Waals surface area contributed by atoms with Gasteiger partial charge in [0.1, 0.15) is 18.5 Å². The molecular weight excluding hydrogens is 364 g/mol. The maximum absolute atomic E-state index is 10.4. The van der Waals surface area contributed by atoms with Gasteiger partial charge in [0, 0.05) is 32.9 Å². The molecule has 6 nitrogen and oxygen atoms in total. The van der Waals surface area contributed by atoms with Gasteiger partial charge < -0.3 is 19.6 Å². The van der Waals surface area contributed by atoms with E-state index < -0.39 is 6.10 Å². The van der Waals surface area contributed by atoms with Crippen LogP contribution in [0.1, 0.15) is 36.8 Å². The number of hydrogen-bond donors (Lipinski definition) is 1. The summed E-state index contributed by atoms with van der Waals surface area (Å²) in [6.07, 6.45) is 9.65. The Morgan fingerprint density at radius 3 is 2.69 bits per heavy atom. The van der Waals surface area contributed by atoms with E-state index in [1.165, 1.54) is 36.8 Å². The number of likely N-dealkylation sites (tertiary alicyclic amines) is 1. The molecule has 1 aliphatic heterocycles. The molecule has 1 aromatic carbocycles. The van der Waals surface area contributed by atoms with Crippen LogP contribution in [0.15, 0.2) is 36.7 Å². The van der Waals surface area contributed by atoms with Gasteiger partial charge in [0.2, 0.25) is 0 Å². The fourth-order valence-corrected chi connectivity index (χ4v) is 3.91. The molecule has 1 unspecified atom stereocenters. The van der Waals surface area contributed by atoms with Gasteiger partial charge in [0.15, 0.2) is 0 Å². The predicted molar refractivity (Wildman–Crippen MR) is 116 cm³/mol. The molecule has 1 atom stereocenters. The third-order valence-electron chi connectivity index (χ3n) is 5.50. The number of likely N-dealkylation sites (N-methyl/N-ethyl adjacent to an activating group) is 1. The van der Waals surface area contributed by atoms with E-state index in [1.807, 2.05) is 30.1 Å². The smallest absolute Gasteiger partial charge is 0.119 e. The summed E-state index contributed by atoms with van der Waals surface area (Å²) in [7, 11) is 4.08. The second-order valence-electron chi connectivity index (χ2n) is 8.34. The second-order valence-corrected chi connectivity index (χ2v) is 8.34. The molecule has 0 spiro atoms. The van der Waals surface area contributed by atoms with Gasteiger partial charge in [0.25, 0.3) is 0 Å². The molecule has 0 saturated carbocycles. The first kappa shape index (κ1) is 21.8. The first-order valence-electron chi connectivity index (χ1n) is 10.9. The van der Waals surface area contributed by atoms with Gasteiger partial charge in [0.05, 0.1) is 6.20 Å². The van der Waals surface area contributed by atoms with Gasteiger partial charge in [-0.15, -0.1) is 0 Å². The van der Waals surface area contributed by atoms with Crippen LogP contribution in [-0.4, -0.2) is 70.6 Å². The Labute approximate surface area is 175 Å². The van der Waals surface area contributed by atoms with Crippen LogP contribution in [0.4, 0.5) is 0 Å². The van der Waals surface area contributed by atoms with E-state index in [0.717, 1.165) is 38.3 Å². The van der Waals surface area contributed by atoms with Crippen LogP contribution >= 0.6 is 0 Å². The van der Waals surface area contributed by atoms with E-state index in [2.05, 4.69) is 40.3 Å². The number of aliphatic hydroxyl groups is 1. The minimum Gasteiger partial charge on any atom is -0.491 e. The van der Waals surface area contributed by atoms with E-state index in [9.17, 15) is 5.11 Å². The molecule has 1 fully saturated rings. The highest BCUT2D eigenvalue weighted by Crippen LogP contribution is 2.16. The SMILES string of the molecule is CN(CCc1cnn(C)c1)Cc1cccc(OCC(O)CN2CCCCCC2)c1. The zero-order valence-corrected chi connectivity index (χ0v) is 18.0. The number of ether oxygens (including phenoxy) is 1. The molecule has 160 valence electrons. The summed E-state index contributed by atoms with van der Waals surface area (Å²) < 4.78 is 7.73. The molecule has 1 aliphatic rings. The van der Waals surface area contributed by atoms with Gasteiger partial charge in [-0.2, -0.15) is 5.10 Å². The van der Waals surface area contributed by atoms with Crippen LogP contribution in [0.25, 0.3) is 0 Å². The summed E-state index contributed by atoms with van der Waals surface area (Å²) in [6.45, 7) is 5.09. The molecule has 2 heterocycles. The summed E-state index contributed by atoms with van der Waals surface area (Å²) in [6, 6.07) is 8.21. The molecule has 1 aromatic heterocycles. The molecule has 0 bridgehead atoms. The maximum Gasteiger partial charge on any atom is 0.119 e. The van der Waals surface area contributed by atoms with Crippen molar-refractivity contribution in [3.05, 3.63) is 47.8 Å². The number of nitrogens with zero attached hydrogens (tertiary/aromatic N) is 4. The van der Waals surface area contributed by atoms with Crippen LogP contribution in [0.3, 0.4) is 0 Å². The normalized spacial score (nSPS) is 16.7. The zero-order valence-electron chi connectivity index (χ0n) is 18.0. The van der Waals surface area contributed by atoms with E-state index in [-0.39, 0.29) is 0 Å². The van der Waals surface area contributed by atoms with Crippen molar-refractivity contribution in [3.63, 3.8) is 0 Å². The second kappa shape index (κ2) is 11.3. The van der Waals surface area contributed by atoms with Crippen molar-refractivity contribution in [2.45, 2.75) is 44.8 Å². The Morgan fingerprint density at radius 2 is 1.97 bits per heavy atom. The van der Waals surface area contributed by atoms with Crippen molar-refractivity contribution in [1.82, 2.24) is 19.6 Å². The van der Waals surface area contributed by atoms with Crippen molar-refractivity contribution in [2.75, 3.05) is 39.8 Å². The number of rotatable bonds is 10. The molecular formula is C23H36N4O2. The molecule has 1 saturated heterocycles. The van der Waals surface area contributed by atoms with Crippen molar-refractivity contribution in [1.29, 1.82) is 0 Å². The summed E-state index contributed by atoms with van der Waals surface area (Å²) in [5.41, 5.74) is 2.48. The average Bonchev–Trinajstić information content (AvgIpc) is 2.95. The Hall–Kier alpha value is -1.89. The van der Waals surface area contributed by atoms with Crippen molar-refractivity contribution >= 4 is 0 Å². The Bertz CT molecular complexity index is 725. The lowest BCUT2D eigenvalue weighted by atomic mass is 10.2. The van der Waals surface area contributed by atoms with E-state index in [4.69, 9.17) is 4.74 Å². The summed E-state index contributed by atoms with van der Waals surface area (Å²) in [5.74, 6) is 0.832. The minimum atomic E-state index is -0.445. The topological polar surface area (TPSA) is 53.8 Å². The maximum atomic E-state index is 10.4. The molecule has 3 rings (SSSR count). The van der Waals surface area contributed by atoms with E-state index in [0.29, 0.717) is 13.2 Å². The number of aryl methyl sites for hydroxylation is 1. The average molecular weight is 401 g/mol. The third kappa shape index (κ3) is 7.80. The first-order chi connectivity index (χ1) is 14.1. The highest BCUT2D eigenvalue weighted by molar-refractivity contribution is 5.28. The first-order valence-corrected chi connectivity index (χ1v) is 10.9. The molecule has 1 N–H and O–H groups in total. The number of β-amino-alcohol motifs (C(OH)–C–C–N with tert-alkyl or cyclic N) is 1. The van der Waals surface area contributed by atoms with Crippen LogP contribution in [0.5, 0.6) is 5.75 Å². The summed E-state index contributed by atoms with van der Waals surface area (Å²) in [4.78, 5) is 4.68. The van der Waals surface area contributed by atoms with Crippen molar-refractivity contribution in [3.8, 4) is 5.75 Å². The molecule has 0 amide bonds. The summed E-state index contributed by atoms with van der Waals surface area (Å²) >= 11 is 0. The summed E-state index contributed by atoms with van der Waals surface area (Å²) in [5, 5.41) is 14.6. The lowest BCUT2D eigenvalue weighted by Crippen LogP contribution is -2.36. The van der Waals surface area contributed by atoms with Gasteiger partial charge in [-0.3, -0.25) is 4.68 Å².